The molecular weight excluding hydrogens is 380 g/mol. The molecule has 1 aromatic carbocycles. The van der Waals surface area contributed by atoms with Gasteiger partial charge in [-0.05, 0) is 37.0 Å². The zero-order valence-corrected chi connectivity index (χ0v) is 17.4. The maximum atomic E-state index is 13.9. The van der Waals surface area contributed by atoms with Gasteiger partial charge in [0, 0.05) is 31.6 Å². The van der Waals surface area contributed by atoms with Crippen LogP contribution in [0.2, 0.25) is 0 Å². The highest BCUT2D eigenvalue weighted by Gasteiger charge is 2.37. The number of hydrogen-bond acceptors (Lipinski definition) is 5. The molecule has 1 saturated carbocycles. The number of esters is 1. The average Bonchev–Trinajstić information content (AvgIpc) is 3.57. The van der Waals surface area contributed by atoms with E-state index in [0.29, 0.717) is 30.1 Å². The number of methoxy groups -OCH3 is 1. The number of fused-ring (bicyclic) bond motifs is 2. The molecule has 0 N–H and O–H groups in total. The zero-order chi connectivity index (χ0) is 21.0. The molecule has 1 aliphatic carbocycles. The standard InChI is InChI=1S/C23H24N4O3/c1-13-20-17(11-18(14-8-9-14)24-21(20)26(2)25-13)22(28)27-12-16-7-5-4-6-15(16)10-19(27)23(29)30-3/h4-7,11,14,19H,8-10,12H2,1-3H3. The van der Waals surface area contributed by atoms with Crippen LogP contribution in [0.25, 0.3) is 11.0 Å². The Hall–Kier alpha value is -3.22. The first-order chi connectivity index (χ1) is 14.5. The van der Waals surface area contributed by atoms with Gasteiger partial charge in [-0.2, -0.15) is 5.10 Å². The van der Waals surface area contributed by atoms with E-state index in [-0.39, 0.29) is 5.91 Å². The maximum Gasteiger partial charge on any atom is 0.328 e. The van der Waals surface area contributed by atoms with Crippen LogP contribution in [0.15, 0.2) is 30.3 Å². The number of aryl methyl sites for hydroxylation is 2. The van der Waals surface area contributed by atoms with Gasteiger partial charge in [0.15, 0.2) is 5.65 Å². The van der Waals surface area contributed by atoms with Crippen molar-refractivity contribution >= 4 is 22.9 Å². The molecule has 5 rings (SSSR count). The Balaban J connectivity index is 1.64. The van der Waals surface area contributed by atoms with Crippen LogP contribution < -0.4 is 0 Å². The Bertz CT molecular complexity index is 1180. The van der Waals surface area contributed by atoms with E-state index in [0.717, 1.165) is 40.7 Å². The van der Waals surface area contributed by atoms with Crippen molar-refractivity contribution in [3.8, 4) is 0 Å². The first kappa shape index (κ1) is 18.8. The summed E-state index contributed by atoms with van der Waals surface area (Å²) in [5, 5.41) is 5.26. The summed E-state index contributed by atoms with van der Waals surface area (Å²) in [5.41, 5.74) is 5.11. The SMILES string of the molecule is COC(=O)C1Cc2ccccc2CN1C(=O)c1cc(C2CC2)nc2c1c(C)nn2C. The monoisotopic (exact) mass is 404 g/mol. The molecule has 2 aliphatic rings. The maximum absolute atomic E-state index is 13.9. The molecule has 0 bridgehead atoms. The fraction of sp³-hybridized carbons (Fsp3) is 0.391. The van der Waals surface area contributed by atoms with Gasteiger partial charge in [0.2, 0.25) is 0 Å². The molecule has 0 radical (unpaired) electrons. The highest BCUT2D eigenvalue weighted by molar-refractivity contribution is 6.07. The Labute approximate surface area is 174 Å². The van der Waals surface area contributed by atoms with Crippen molar-refractivity contribution in [1.29, 1.82) is 0 Å². The smallest absolute Gasteiger partial charge is 0.328 e. The van der Waals surface area contributed by atoms with Gasteiger partial charge in [-0.15, -0.1) is 0 Å². The van der Waals surface area contributed by atoms with E-state index < -0.39 is 12.0 Å². The summed E-state index contributed by atoms with van der Waals surface area (Å²) in [4.78, 5) is 32.9. The zero-order valence-electron chi connectivity index (χ0n) is 17.4. The number of nitrogens with zero attached hydrogens (tertiary/aromatic N) is 4. The largest absolute Gasteiger partial charge is 0.467 e. The van der Waals surface area contributed by atoms with Crippen molar-refractivity contribution in [2.45, 2.75) is 44.7 Å². The van der Waals surface area contributed by atoms with E-state index in [4.69, 9.17) is 9.72 Å². The van der Waals surface area contributed by atoms with E-state index in [1.165, 1.54) is 7.11 Å². The number of rotatable bonds is 3. The minimum atomic E-state index is -0.651. The second-order valence-corrected chi connectivity index (χ2v) is 8.22. The van der Waals surface area contributed by atoms with Gasteiger partial charge >= 0.3 is 5.97 Å². The molecule has 3 aromatic rings. The molecule has 1 amide bonds. The van der Waals surface area contributed by atoms with Gasteiger partial charge in [0.05, 0.1) is 23.8 Å². The van der Waals surface area contributed by atoms with Crippen LogP contribution in [0.4, 0.5) is 0 Å². The Morgan fingerprint density at radius 2 is 1.90 bits per heavy atom. The molecule has 0 saturated heterocycles. The summed E-state index contributed by atoms with van der Waals surface area (Å²) in [7, 11) is 3.22. The number of ether oxygens (including phenoxy) is 1. The molecule has 154 valence electrons. The summed E-state index contributed by atoms with van der Waals surface area (Å²) in [5.74, 6) is -0.173. The molecule has 3 heterocycles. The Kier molecular flexibility index (Phi) is 4.34. The summed E-state index contributed by atoms with van der Waals surface area (Å²) in [6.45, 7) is 2.26. The molecule has 7 heteroatoms. The summed E-state index contributed by atoms with van der Waals surface area (Å²) < 4.78 is 6.78. The van der Waals surface area contributed by atoms with E-state index in [1.807, 2.05) is 44.3 Å². The first-order valence-electron chi connectivity index (χ1n) is 10.3. The highest BCUT2D eigenvalue weighted by Crippen LogP contribution is 2.41. The lowest BCUT2D eigenvalue weighted by molar-refractivity contribution is -0.146. The van der Waals surface area contributed by atoms with Gasteiger partial charge in [-0.25, -0.2) is 9.78 Å². The fourth-order valence-corrected chi connectivity index (χ4v) is 4.46. The van der Waals surface area contributed by atoms with Crippen molar-refractivity contribution in [2.75, 3.05) is 7.11 Å². The highest BCUT2D eigenvalue weighted by atomic mass is 16.5. The van der Waals surface area contributed by atoms with Crippen LogP contribution in [0.5, 0.6) is 0 Å². The summed E-state index contributed by atoms with van der Waals surface area (Å²) in [6.07, 6.45) is 2.63. The fourth-order valence-electron chi connectivity index (χ4n) is 4.46. The predicted octanol–water partition coefficient (Wildman–Crippen LogP) is 2.89. The van der Waals surface area contributed by atoms with E-state index in [1.54, 1.807) is 9.58 Å². The minimum Gasteiger partial charge on any atom is -0.467 e. The van der Waals surface area contributed by atoms with Crippen LogP contribution in [0.1, 0.15) is 51.6 Å². The second kappa shape index (κ2) is 6.93. The molecule has 0 spiro atoms. The normalized spacial score (nSPS) is 18.4. The lowest BCUT2D eigenvalue weighted by atomic mass is 9.93. The number of pyridine rings is 1. The number of benzene rings is 1. The molecule has 2 aromatic heterocycles. The number of aromatic nitrogens is 3. The first-order valence-corrected chi connectivity index (χ1v) is 10.3. The molecule has 1 atom stereocenters. The lowest BCUT2D eigenvalue weighted by Crippen LogP contribution is -2.49. The van der Waals surface area contributed by atoms with E-state index in [2.05, 4.69) is 5.10 Å². The van der Waals surface area contributed by atoms with Gasteiger partial charge in [-0.3, -0.25) is 9.48 Å². The van der Waals surface area contributed by atoms with Crippen molar-refractivity contribution in [1.82, 2.24) is 19.7 Å². The quantitative estimate of drug-likeness (QED) is 0.628. The van der Waals surface area contributed by atoms with Crippen LogP contribution >= 0.6 is 0 Å². The average molecular weight is 404 g/mol. The molecule has 1 aliphatic heterocycles. The van der Waals surface area contributed by atoms with Crippen molar-refractivity contribution in [3.05, 3.63) is 58.4 Å². The van der Waals surface area contributed by atoms with Gasteiger partial charge in [-0.1, -0.05) is 24.3 Å². The third kappa shape index (κ3) is 2.96. The number of amides is 1. The van der Waals surface area contributed by atoms with Gasteiger partial charge in [0.1, 0.15) is 6.04 Å². The third-order valence-corrected chi connectivity index (χ3v) is 6.20. The van der Waals surface area contributed by atoms with Gasteiger partial charge < -0.3 is 9.64 Å². The Morgan fingerprint density at radius 1 is 1.17 bits per heavy atom. The molecule has 1 fully saturated rings. The second-order valence-electron chi connectivity index (χ2n) is 8.22. The molecule has 1 unspecified atom stereocenters. The van der Waals surface area contributed by atoms with Crippen molar-refractivity contribution < 1.29 is 14.3 Å². The van der Waals surface area contributed by atoms with E-state index in [9.17, 15) is 9.59 Å². The van der Waals surface area contributed by atoms with Crippen molar-refractivity contribution in [2.24, 2.45) is 7.05 Å². The molecule has 30 heavy (non-hydrogen) atoms. The number of carbonyl (C=O) groups is 2. The van der Waals surface area contributed by atoms with Crippen LogP contribution in [0.3, 0.4) is 0 Å². The van der Waals surface area contributed by atoms with Gasteiger partial charge in [0.25, 0.3) is 5.91 Å². The number of hydrogen-bond donors (Lipinski definition) is 0. The molecule has 7 nitrogen and oxygen atoms in total. The van der Waals surface area contributed by atoms with Crippen LogP contribution in [-0.4, -0.2) is 44.7 Å². The third-order valence-electron chi connectivity index (χ3n) is 6.20. The molecular formula is C23H24N4O3. The summed E-state index contributed by atoms with van der Waals surface area (Å²) >= 11 is 0. The van der Waals surface area contributed by atoms with E-state index >= 15 is 0 Å². The predicted molar refractivity (Wildman–Crippen MR) is 111 cm³/mol. The lowest BCUT2D eigenvalue weighted by Gasteiger charge is -2.35. The topological polar surface area (TPSA) is 77.3 Å². The Morgan fingerprint density at radius 3 is 2.60 bits per heavy atom. The van der Waals surface area contributed by atoms with Crippen LogP contribution in [-0.2, 0) is 29.5 Å². The summed E-state index contributed by atoms with van der Waals surface area (Å²) in [6, 6.07) is 9.19. The minimum absolute atomic E-state index is 0.176. The van der Waals surface area contributed by atoms with Crippen LogP contribution in [0, 0.1) is 6.92 Å². The number of carbonyl (C=O) groups excluding carboxylic acids is 2. The van der Waals surface area contributed by atoms with Crippen molar-refractivity contribution in [3.63, 3.8) is 0 Å².